The Labute approximate surface area is 188 Å². The van der Waals surface area contributed by atoms with Gasteiger partial charge in [0, 0.05) is 44.1 Å². The molecule has 4 rings (SSSR count). The van der Waals surface area contributed by atoms with Gasteiger partial charge in [0.1, 0.15) is 12.2 Å². The summed E-state index contributed by atoms with van der Waals surface area (Å²) in [5, 5.41) is 43.2. The summed E-state index contributed by atoms with van der Waals surface area (Å²) >= 11 is 0. The van der Waals surface area contributed by atoms with E-state index >= 15 is 0 Å². The third kappa shape index (κ3) is 5.40. The first kappa shape index (κ1) is 23.0. The molecule has 8 nitrogen and oxygen atoms in total. The fourth-order valence-electron chi connectivity index (χ4n) is 4.45. The van der Waals surface area contributed by atoms with Gasteiger partial charge in [-0.1, -0.05) is 24.3 Å². The maximum absolute atomic E-state index is 10.2. The van der Waals surface area contributed by atoms with Crippen LogP contribution in [0.5, 0.6) is 0 Å². The summed E-state index contributed by atoms with van der Waals surface area (Å²) in [5.41, 5.74) is 4.37. The average molecular weight is 444 g/mol. The number of anilines is 2. The number of benzene rings is 2. The molecule has 0 amide bonds. The largest absolute Gasteiger partial charge is 0.395 e. The van der Waals surface area contributed by atoms with E-state index in [9.17, 15) is 20.4 Å². The molecule has 2 aliphatic heterocycles. The van der Waals surface area contributed by atoms with E-state index in [-0.39, 0.29) is 13.2 Å². The quantitative estimate of drug-likeness (QED) is 0.418. The summed E-state index contributed by atoms with van der Waals surface area (Å²) < 4.78 is 5.41. The number of ether oxygens (including phenoxy) is 1. The topological polar surface area (TPSA) is 109 Å². The van der Waals surface area contributed by atoms with Crippen molar-refractivity contribution in [3.63, 3.8) is 0 Å². The minimum absolute atomic E-state index is 0.196. The van der Waals surface area contributed by atoms with E-state index in [1.54, 1.807) is 0 Å². The molecule has 0 saturated carbocycles. The van der Waals surface area contributed by atoms with Crippen molar-refractivity contribution in [2.45, 2.75) is 37.4 Å². The standard InChI is InChI=1S/C24H33N3O5/c28-16-21-23(30)24(31)22(29)15-27(21)14-18-3-1-2-17(12-18)13-25-19-4-6-20(7-5-19)26-8-10-32-11-9-26/h1-7,12,21-25,28-31H,8-11,13-16H2/t21-,22+,23-,24-/m1/s1. The monoisotopic (exact) mass is 443 g/mol. The molecule has 0 spiro atoms. The number of hydrogen-bond donors (Lipinski definition) is 5. The Morgan fingerprint density at radius 1 is 0.938 bits per heavy atom. The minimum Gasteiger partial charge on any atom is -0.395 e. The third-order valence-electron chi connectivity index (χ3n) is 6.33. The molecule has 2 aliphatic rings. The van der Waals surface area contributed by atoms with Crippen LogP contribution in [0.1, 0.15) is 11.1 Å². The summed E-state index contributed by atoms with van der Waals surface area (Å²) in [6.45, 7) is 4.42. The third-order valence-corrected chi connectivity index (χ3v) is 6.33. The van der Waals surface area contributed by atoms with Crippen molar-refractivity contribution < 1.29 is 25.2 Å². The molecule has 5 N–H and O–H groups in total. The zero-order valence-electron chi connectivity index (χ0n) is 18.2. The first-order chi connectivity index (χ1) is 15.5. The highest BCUT2D eigenvalue weighted by atomic mass is 16.5. The van der Waals surface area contributed by atoms with Crippen molar-refractivity contribution in [1.29, 1.82) is 0 Å². The second-order valence-electron chi connectivity index (χ2n) is 8.55. The van der Waals surface area contributed by atoms with Crippen LogP contribution in [-0.4, -0.2) is 89.1 Å². The molecule has 2 saturated heterocycles. The highest BCUT2D eigenvalue weighted by Crippen LogP contribution is 2.22. The fourth-order valence-corrected chi connectivity index (χ4v) is 4.45. The zero-order valence-corrected chi connectivity index (χ0v) is 18.2. The molecule has 0 radical (unpaired) electrons. The van der Waals surface area contributed by atoms with E-state index in [4.69, 9.17) is 4.74 Å². The smallest absolute Gasteiger partial charge is 0.109 e. The van der Waals surface area contributed by atoms with E-state index < -0.39 is 24.4 Å². The van der Waals surface area contributed by atoms with Crippen LogP contribution in [0.2, 0.25) is 0 Å². The lowest BCUT2D eigenvalue weighted by Crippen LogP contribution is -2.62. The van der Waals surface area contributed by atoms with Crippen LogP contribution in [0.4, 0.5) is 11.4 Å². The van der Waals surface area contributed by atoms with Crippen molar-refractivity contribution in [3.05, 3.63) is 59.7 Å². The van der Waals surface area contributed by atoms with Crippen molar-refractivity contribution in [1.82, 2.24) is 4.90 Å². The SMILES string of the molecule is OC[C@@H]1[C@@H](O)[C@H](O)[C@@H](O)CN1Cc1cccc(CNc2ccc(N3CCOCC3)cc2)c1. The second-order valence-corrected chi connectivity index (χ2v) is 8.55. The number of rotatable bonds is 7. The summed E-state index contributed by atoms with van der Waals surface area (Å²) in [7, 11) is 0. The predicted octanol–water partition coefficient (Wildman–Crippen LogP) is 0.395. The van der Waals surface area contributed by atoms with Gasteiger partial charge < -0.3 is 35.4 Å². The van der Waals surface area contributed by atoms with Crippen molar-refractivity contribution >= 4 is 11.4 Å². The Bertz CT molecular complexity index is 859. The van der Waals surface area contributed by atoms with Crippen LogP contribution in [0, 0.1) is 0 Å². The number of hydrogen-bond acceptors (Lipinski definition) is 8. The van der Waals surface area contributed by atoms with Crippen LogP contribution < -0.4 is 10.2 Å². The van der Waals surface area contributed by atoms with Gasteiger partial charge in [-0.15, -0.1) is 0 Å². The van der Waals surface area contributed by atoms with Gasteiger partial charge >= 0.3 is 0 Å². The molecule has 0 unspecified atom stereocenters. The lowest BCUT2D eigenvalue weighted by molar-refractivity contribution is -0.147. The summed E-state index contributed by atoms with van der Waals surface area (Å²) in [6.07, 6.45) is -3.47. The Morgan fingerprint density at radius 3 is 2.38 bits per heavy atom. The molecule has 2 aromatic rings. The zero-order chi connectivity index (χ0) is 22.5. The highest BCUT2D eigenvalue weighted by molar-refractivity contribution is 5.55. The molecule has 32 heavy (non-hydrogen) atoms. The van der Waals surface area contributed by atoms with E-state index in [1.165, 1.54) is 5.69 Å². The molecule has 174 valence electrons. The van der Waals surface area contributed by atoms with E-state index in [1.807, 2.05) is 23.1 Å². The molecule has 0 aromatic heterocycles. The number of piperidine rings is 1. The highest BCUT2D eigenvalue weighted by Gasteiger charge is 2.40. The molecule has 0 aliphatic carbocycles. The van der Waals surface area contributed by atoms with Crippen LogP contribution in [-0.2, 0) is 17.8 Å². The first-order valence-electron chi connectivity index (χ1n) is 11.2. The molecule has 8 heteroatoms. The van der Waals surface area contributed by atoms with E-state index in [0.717, 1.165) is 43.1 Å². The molecule has 2 heterocycles. The second kappa shape index (κ2) is 10.6. The average Bonchev–Trinajstić information content (AvgIpc) is 2.83. The lowest BCUT2D eigenvalue weighted by Gasteiger charge is -2.43. The molecular weight excluding hydrogens is 410 g/mol. The summed E-state index contributed by atoms with van der Waals surface area (Å²) in [5.74, 6) is 0. The lowest BCUT2D eigenvalue weighted by atomic mass is 9.93. The van der Waals surface area contributed by atoms with Crippen LogP contribution in [0.3, 0.4) is 0 Å². The van der Waals surface area contributed by atoms with Crippen LogP contribution >= 0.6 is 0 Å². The number of β-amino-alcohol motifs (C(OH)–C–C–N with tert-alkyl or cyclic N) is 1. The normalized spacial score (nSPS) is 26.8. The number of nitrogens with one attached hydrogen (secondary N) is 1. The maximum Gasteiger partial charge on any atom is 0.109 e. The molecule has 2 aromatic carbocycles. The Hall–Kier alpha value is -2.20. The number of aliphatic hydroxyl groups excluding tert-OH is 4. The fraction of sp³-hybridized carbons (Fsp3) is 0.500. The molecule has 2 fully saturated rings. The van der Waals surface area contributed by atoms with Gasteiger partial charge in [0.25, 0.3) is 0 Å². The maximum atomic E-state index is 10.2. The van der Waals surface area contributed by atoms with E-state index in [0.29, 0.717) is 13.1 Å². The van der Waals surface area contributed by atoms with Crippen LogP contribution in [0.25, 0.3) is 0 Å². The first-order valence-corrected chi connectivity index (χ1v) is 11.2. The Kier molecular flexibility index (Phi) is 7.62. The Balaban J connectivity index is 1.35. The minimum atomic E-state index is -1.24. The van der Waals surface area contributed by atoms with Gasteiger partial charge in [0.05, 0.1) is 32.0 Å². The Morgan fingerprint density at radius 2 is 1.66 bits per heavy atom. The summed E-state index contributed by atoms with van der Waals surface area (Å²) in [6, 6.07) is 15.9. The number of aliphatic hydroxyl groups is 4. The van der Waals surface area contributed by atoms with Gasteiger partial charge in [-0.2, -0.15) is 0 Å². The van der Waals surface area contributed by atoms with Gasteiger partial charge in [-0.25, -0.2) is 0 Å². The number of likely N-dealkylation sites (tertiary alicyclic amines) is 1. The predicted molar refractivity (Wildman–Crippen MR) is 123 cm³/mol. The van der Waals surface area contributed by atoms with Gasteiger partial charge in [0.2, 0.25) is 0 Å². The van der Waals surface area contributed by atoms with E-state index in [2.05, 4.69) is 40.5 Å². The van der Waals surface area contributed by atoms with Crippen LogP contribution in [0.15, 0.2) is 48.5 Å². The molecule has 4 atom stereocenters. The van der Waals surface area contributed by atoms with Gasteiger partial charge in [-0.3, -0.25) is 4.90 Å². The van der Waals surface area contributed by atoms with Gasteiger partial charge in [0.15, 0.2) is 0 Å². The van der Waals surface area contributed by atoms with Crippen molar-refractivity contribution in [3.8, 4) is 0 Å². The molecule has 0 bridgehead atoms. The van der Waals surface area contributed by atoms with Gasteiger partial charge in [-0.05, 0) is 35.4 Å². The molecular formula is C24H33N3O5. The summed E-state index contributed by atoms with van der Waals surface area (Å²) in [4.78, 5) is 4.14. The number of morpholine rings is 1. The van der Waals surface area contributed by atoms with Crippen molar-refractivity contribution in [2.24, 2.45) is 0 Å². The number of nitrogens with zero attached hydrogens (tertiary/aromatic N) is 2. The van der Waals surface area contributed by atoms with Crippen molar-refractivity contribution in [2.75, 3.05) is 49.7 Å².